The number of thioether (sulfide) groups is 1. The number of aromatic nitrogens is 2. The number of halogens is 1. The van der Waals surface area contributed by atoms with Crippen molar-refractivity contribution in [3.05, 3.63) is 64.9 Å². The highest BCUT2D eigenvalue weighted by molar-refractivity contribution is 7.99. The number of benzene rings is 2. The van der Waals surface area contributed by atoms with E-state index in [0.29, 0.717) is 0 Å². The smallest absolute Gasteiger partial charge is 0.127 e. The van der Waals surface area contributed by atoms with Crippen LogP contribution in [0, 0.1) is 6.92 Å². The van der Waals surface area contributed by atoms with Crippen LogP contribution in [0.25, 0.3) is 10.9 Å². The quantitative estimate of drug-likeness (QED) is 0.475. The van der Waals surface area contributed by atoms with Crippen LogP contribution in [0.5, 0.6) is 0 Å². The summed E-state index contributed by atoms with van der Waals surface area (Å²) in [5.41, 5.74) is 2.11. The SMILES string of the molecule is Cc1nc(S[C@@H](C)c2ccccc2Cl)c2ccccc2n1. The molecule has 0 aliphatic rings. The van der Waals surface area contributed by atoms with Gasteiger partial charge in [0.15, 0.2) is 0 Å². The lowest BCUT2D eigenvalue weighted by atomic mass is 10.2. The van der Waals surface area contributed by atoms with E-state index in [1.807, 2.05) is 43.3 Å². The molecule has 21 heavy (non-hydrogen) atoms. The number of hydrogen-bond donors (Lipinski definition) is 0. The summed E-state index contributed by atoms with van der Waals surface area (Å²) in [5, 5.41) is 3.13. The molecule has 0 amide bonds. The number of rotatable bonds is 3. The molecule has 0 spiro atoms. The number of nitrogens with zero attached hydrogens (tertiary/aromatic N) is 2. The van der Waals surface area contributed by atoms with Crippen molar-refractivity contribution in [1.82, 2.24) is 9.97 Å². The Bertz CT molecular complexity index is 789. The average molecular weight is 315 g/mol. The first kappa shape index (κ1) is 14.4. The van der Waals surface area contributed by atoms with E-state index in [1.54, 1.807) is 11.8 Å². The van der Waals surface area contributed by atoms with Gasteiger partial charge in [0.2, 0.25) is 0 Å². The summed E-state index contributed by atoms with van der Waals surface area (Å²) < 4.78 is 0. The fourth-order valence-corrected chi connectivity index (χ4v) is 3.80. The number of aryl methyl sites for hydroxylation is 1. The molecule has 1 heterocycles. The second-order valence-electron chi connectivity index (χ2n) is 4.87. The topological polar surface area (TPSA) is 25.8 Å². The molecule has 1 aromatic heterocycles. The molecule has 0 N–H and O–H groups in total. The maximum atomic E-state index is 6.29. The fourth-order valence-electron chi connectivity index (χ4n) is 2.28. The largest absolute Gasteiger partial charge is 0.233 e. The number of fused-ring (bicyclic) bond motifs is 1. The third-order valence-corrected chi connectivity index (χ3v) is 4.80. The Balaban J connectivity index is 2.00. The first-order valence-corrected chi connectivity index (χ1v) is 8.05. The van der Waals surface area contributed by atoms with E-state index in [4.69, 9.17) is 11.6 Å². The lowest BCUT2D eigenvalue weighted by molar-refractivity contribution is 0.997. The van der Waals surface area contributed by atoms with Crippen LogP contribution in [0.4, 0.5) is 0 Å². The van der Waals surface area contributed by atoms with Gasteiger partial charge in [-0.1, -0.05) is 59.8 Å². The van der Waals surface area contributed by atoms with Gasteiger partial charge < -0.3 is 0 Å². The van der Waals surface area contributed by atoms with Crippen LogP contribution in [0.1, 0.15) is 23.6 Å². The van der Waals surface area contributed by atoms with Crippen LogP contribution in [0.3, 0.4) is 0 Å². The molecule has 2 aromatic carbocycles. The Morgan fingerprint density at radius 2 is 1.71 bits per heavy atom. The van der Waals surface area contributed by atoms with Crippen molar-refractivity contribution in [2.24, 2.45) is 0 Å². The second-order valence-corrected chi connectivity index (χ2v) is 6.61. The summed E-state index contributed by atoms with van der Waals surface area (Å²) >= 11 is 8.01. The zero-order chi connectivity index (χ0) is 14.8. The lowest BCUT2D eigenvalue weighted by Gasteiger charge is -2.14. The van der Waals surface area contributed by atoms with Crippen LogP contribution < -0.4 is 0 Å². The van der Waals surface area contributed by atoms with Gasteiger partial charge in [-0.3, -0.25) is 0 Å². The van der Waals surface area contributed by atoms with E-state index in [9.17, 15) is 0 Å². The van der Waals surface area contributed by atoms with Gasteiger partial charge in [0, 0.05) is 15.7 Å². The Morgan fingerprint density at radius 1 is 1.00 bits per heavy atom. The molecule has 106 valence electrons. The van der Waals surface area contributed by atoms with Crippen molar-refractivity contribution in [3.63, 3.8) is 0 Å². The molecule has 0 bridgehead atoms. The molecule has 3 aromatic rings. The first-order chi connectivity index (χ1) is 10.1. The van der Waals surface area contributed by atoms with Crippen LogP contribution in [-0.2, 0) is 0 Å². The van der Waals surface area contributed by atoms with Crippen LogP contribution in [0.2, 0.25) is 5.02 Å². The van der Waals surface area contributed by atoms with E-state index in [-0.39, 0.29) is 5.25 Å². The third-order valence-electron chi connectivity index (χ3n) is 3.31. The van der Waals surface area contributed by atoms with Gasteiger partial charge in [0.25, 0.3) is 0 Å². The molecule has 1 atom stereocenters. The van der Waals surface area contributed by atoms with Gasteiger partial charge >= 0.3 is 0 Å². The summed E-state index contributed by atoms with van der Waals surface area (Å²) in [6.07, 6.45) is 0. The van der Waals surface area contributed by atoms with Gasteiger partial charge in [-0.2, -0.15) is 0 Å². The number of hydrogen-bond acceptors (Lipinski definition) is 3. The summed E-state index contributed by atoms with van der Waals surface area (Å²) in [7, 11) is 0. The Hall–Kier alpha value is -1.58. The van der Waals surface area contributed by atoms with Crippen LogP contribution in [0.15, 0.2) is 53.6 Å². The molecular formula is C17H15ClN2S. The second kappa shape index (κ2) is 6.04. The van der Waals surface area contributed by atoms with Gasteiger partial charge in [0.1, 0.15) is 10.9 Å². The fraction of sp³-hybridized carbons (Fsp3) is 0.176. The molecule has 0 fully saturated rings. The molecule has 0 saturated carbocycles. The predicted octanol–water partition coefficient (Wildman–Crippen LogP) is 5.44. The number of para-hydroxylation sites is 1. The molecule has 0 saturated heterocycles. The van der Waals surface area contributed by atoms with E-state index in [1.165, 1.54) is 0 Å². The molecule has 0 radical (unpaired) electrons. The van der Waals surface area contributed by atoms with Gasteiger partial charge in [0.05, 0.1) is 5.52 Å². The van der Waals surface area contributed by atoms with Crippen molar-refractivity contribution in [2.45, 2.75) is 24.1 Å². The predicted molar refractivity (Wildman–Crippen MR) is 90.0 cm³/mol. The maximum Gasteiger partial charge on any atom is 0.127 e. The molecule has 2 nitrogen and oxygen atoms in total. The van der Waals surface area contributed by atoms with Crippen LogP contribution in [-0.4, -0.2) is 9.97 Å². The highest BCUT2D eigenvalue weighted by Gasteiger charge is 2.14. The summed E-state index contributed by atoms with van der Waals surface area (Å²) in [6, 6.07) is 16.1. The van der Waals surface area contributed by atoms with Crippen molar-refractivity contribution < 1.29 is 0 Å². The Labute approximate surface area is 133 Å². The van der Waals surface area contributed by atoms with Crippen molar-refractivity contribution in [3.8, 4) is 0 Å². The van der Waals surface area contributed by atoms with Gasteiger partial charge in [-0.05, 0) is 31.5 Å². The Kier molecular flexibility index (Phi) is 4.13. The first-order valence-electron chi connectivity index (χ1n) is 6.79. The minimum Gasteiger partial charge on any atom is -0.233 e. The maximum absolute atomic E-state index is 6.29. The van der Waals surface area contributed by atoms with Crippen LogP contribution >= 0.6 is 23.4 Å². The third kappa shape index (κ3) is 3.04. The minimum atomic E-state index is 0.233. The van der Waals surface area contributed by atoms with Crippen molar-refractivity contribution in [1.29, 1.82) is 0 Å². The summed E-state index contributed by atoms with van der Waals surface area (Å²) in [5.74, 6) is 0.794. The standard InChI is InChI=1S/C17H15ClN2S/c1-11(13-7-3-5-9-15(13)18)21-17-14-8-4-6-10-16(14)19-12(2)20-17/h3-11H,1-2H3/t11-/m0/s1. The summed E-state index contributed by atoms with van der Waals surface area (Å²) in [6.45, 7) is 4.08. The zero-order valence-electron chi connectivity index (χ0n) is 11.9. The van der Waals surface area contributed by atoms with Gasteiger partial charge in [-0.25, -0.2) is 9.97 Å². The zero-order valence-corrected chi connectivity index (χ0v) is 13.4. The van der Waals surface area contributed by atoms with E-state index in [2.05, 4.69) is 29.0 Å². The Morgan fingerprint density at radius 3 is 2.52 bits per heavy atom. The van der Waals surface area contributed by atoms with E-state index < -0.39 is 0 Å². The highest BCUT2D eigenvalue weighted by Crippen LogP contribution is 2.39. The van der Waals surface area contributed by atoms with E-state index >= 15 is 0 Å². The van der Waals surface area contributed by atoms with Crippen molar-refractivity contribution >= 4 is 34.3 Å². The van der Waals surface area contributed by atoms with Gasteiger partial charge in [-0.15, -0.1) is 0 Å². The normalized spacial score (nSPS) is 12.5. The minimum absolute atomic E-state index is 0.233. The molecular weight excluding hydrogens is 300 g/mol. The summed E-state index contributed by atoms with van der Waals surface area (Å²) in [4.78, 5) is 9.09. The molecule has 0 unspecified atom stereocenters. The van der Waals surface area contributed by atoms with Crippen molar-refractivity contribution in [2.75, 3.05) is 0 Å². The average Bonchev–Trinajstić information content (AvgIpc) is 2.47. The van der Waals surface area contributed by atoms with E-state index in [0.717, 1.165) is 32.3 Å². The molecule has 0 aliphatic heterocycles. The molecule has 0 aliphatic carbocycles. The molecule has 4 heteroatoms. The monoisotopic (exact) mass is 314 g/mol. The highest BCUT2D eigenvalue weighted by atomic mass is 35.5. The lowest BCUT2D eigenvalue weighted by Crippen LogP contribution is -1.95. The molecule has 3 rings (SSSR count).